The number of ether oxygens (including phenoxy) is 6. The van der Waals surface area contributed by atoms with Crippen LogP contribution in [0.4, 0.5) is 9.59 Å². The van der Waals surface area contributed by atoms with Crippen LogP contribution in [0.25, 0.3) is 0 Å². The summed E-state index contributed by atoms with van der Waals surface area (Å²) in [5.41, 5.74) is -0.400. The van der Waals surface area contributed by atoms with Crippen LogP contribution < -0.4 is 24.8 Å². The number of rotatable bonds is 14. The first kappa shape index (κ1) is 45.7. The third-order valence-corrected chi connectivity index (χ3v) is 13.0. The standard InChI is InChI=1S/C44H55Cl2N5O10/c1-6-59-41(55)60-29-61-42(2)27-47-18-23-51(42)40(54)48-39(53)44(31-10-8-7-9-11-31)16-20-49(21-17-44)19-14-43(32-12-13-33(45)34(46)26-32)15-22-50(28-43)38(52)30-24-35(56-3)37(58-5)36(25-30)57-4/h7-13,24-26,47H,6,14-23,27-29H2,1-5H3,(H,48,53,54)/t42-,43?/m0/s1. The number of piperazine rings is 1. The Labute approximate surface area is 366 Å². The fourth-order valence-corrected chi connectivity index (χ4v) is 9.01. The molecular weight excluding hydrogens is 829 g/mol. The van der Waals surface area contributed by atoms with Gasteiger partial charge in [0, 0.05) is 43.7 Å². The molecule has 6 rings (SSSR count). The summed E-state index contributed by atoms with van der Waals surface area (Å²) in [5, 5.41) is 6.81. The molecule has 61 heavy (non-hydrogen) atoms. The van der Waals surface area contributed by atoms with Crippen LogP contribution in [0, 0.1) is 0 Å². The van der Waals surface area contributed by atoms with Gasteiger partial charge in [-0.2, -0.15) is 0 Å². The number of benzene rings is 3. The van der Waals surface area contributed by atoms with Gasteiger partial charge in [-0.25, -0.2) is 9.59 Å². The Hall–Kier alpha value is -4.80. The third-order valence-electron chi connectivity index (χ3n) is 12.3. The maximum Gasteiger partial charge on any atom is 0.510 e. The van der Waals surface area contributed by atoms with E-state index in [1.54, 1.807) is 32.0 Å². The van der Waals surface area contributed by atoms with Gasteiger partial charge in [-0.1, -0.05) is 59.6 Å². The quantitative estimate of drug-likeness (QED) is 0.139. The van der Waals surface area contributed by atoms with Crippen molar-refractivity contribution in [1.29, 1.82) is 0 Å². The summed E-state index contributed by atoms with van der Waals surface area (Å²) in [6, 6.07) is 18.0. The molecule has 3 aromatic rings. The molecule has 3 saturated heterocycles. The fourth-order valence-electron chi connectivity index (χ4n) is 8.71. The molecule has 0 spiro atoms. The largest absolute Gasteiger partial charge is 0.510 e. The minimum atomic E-state index is -1.21. The van der Waals surface area contributed by atoms with Crippen molar-refractivity contribution in [3.8, 4) is 17.2 Å². The van der Waals surface area contributed by atoms with Crippen LogP contribution in [0.1, 0.15) is 61.0 Å². The van der Waals surface area contributed by atoms with Crippen molar-refractivity contribution >= 4 is 47.2 Å². The minimum Gasteiger partial charge on any atom is -0.493 e. The number of nitrogens with one attached hydrogen (secondary N) is 2. The van der Waals surface area contributed by atoms with E-state index in [0.717, 1.165) is 11.1 Å². The molecule has 1 unspecified atom stereocenters. The molecule has 0 aliphatic carbocycles. The van der Waals surface area contributed by atoms with Gasteiger partial charge in [0.15, 0.2) is 24.0 Å². The summed E-state index contributed by atoms with van der Waals surface area (Å²) >= 11 is 13.0. The summed E-state index contributed by atoms with van der Waals surface area (Å²) in [5.74, 6) is 0.636. The Kier molecular flexibility index (Phi) is 14.9. The van der Waals surface area contributed by atoms with Gasteiger partial charge in [0.2, 0.25) is 11.7 Å². The monoisotopic (exact) mass is 883 g/mol. The molecule has 3 aromatic carbocycles. The van der Waals surface area contributed by atoms with Gasteiger partial charge in [-0.05, 0) is 94.6 Å². The molecule has 17 heteroatoms. The van der Waals surface area contributed by atoms with Gasteiger partial charge < -0.3 is 43.5 Å². The lowest BCUT2D eigenvalue weighted by Gasteiger charge is -2.45. The average Bonchev–Trinajstić information content (AvgIpc) is 3.72. The lowest BCUT2D eigenvalue weighted by Crippen LogP contribution is -2.66. The normalized spacial score (nSPS) is 21.4. The van der Waals surface area contributed by atoms with E-state index in [9.17, 15) is 19.2 Å². The zero-order valence-electron chi connectivity index (χ0n) is 35.4. The fraction of sp³-hybridized carbons (Fsp3) is 0.500. The lowest BCUT2D eigenvalue weighted by atomic mass is 9.71. The number of amides is 4. The van der Waals surface area contributed by atoms with Crippen LogP contribution in [-0.4, -0.2) is 132 Å². The van der Waals surface area contributed by atoms with E-state index in [1.807, 2.05) is 47.4 Å². The second kappa shape index (κ2) is 19.9. The van der Waals surface area contributed by atoms with E-state index in [4.69, 9.17) is 51.6 Å². The van der Waals surface area contributed by atoms with Gasteiger partial charge in [0.25, 0.3) is 5.91 Å². The summed E-state index contributed by atoms with van der Waals surface area (Å²) in [6.07, 6.45) is 1.44. The number of likely N-dealkylation sites (tertiary alicyclic amines) is 2. The maximum atomic E-state index is 14.5. The zero-order chi connectivity index (χ0) is 43.8. The number of urea groups is 1. The molecule has 15 nitrogen and oxygen atoms in total. The lowest BCUT2D eigenvalue weighted by molar-refractivity contribution is -0.181. The number of hydrogen-bond donors (Lipinski definition) is 2. The zero-order valence-corrected chi connectivity index (χ0v) is 36.9. The maximum absolute atomic E-state index is 14.5. The molecule has 330 valence electrons. The van der Waals surface area contributed by atoms with Crippen molar-refractivity contribution in [2.24, 2.45) is 0 Å². The second-order valence-corrected chi connectivity index (χ2v) is 16.5. The van der Waals surface area contributed by atoms with Crippen LogP contribution in [0.2, 0.25) is 10.0 Å². The van der Waals surface area contributed by atoms with Gasteiger partial charge >= 0.3 is 12.2 Å². The van der Waals surface area contributed by atoms with Crippen molar-refractivity contribution in [2.75, 3.05) is 87.1 Å². The summed E-state index contributed by atoms with van der Waals surface area (Å²) in [6.45, 7) is 6.86. The number of methoxy groups -OCH3 is 3. The van der Waals surface area contributed by atoms with Gasteiger partial charge in [-0.15, -0.1) is 0 Å². The van der Waals surface area contributed by atoms with Gasteiger partial charge in [0.1, 0.15) is 0 Å². The molecular formula is C44H55Cl2N5O10. The first-order valence-electron chi connectivity index (χ1n) is 20.4. The molecule has 0 bridgehead atoms. The Balaban J connectivity index is 1.17. The molecule has 3 heterocycles. The van der Waals surface area contributed by atoms with Crippen molar-refractivity contribution in [2.45, 2.75) is 56.1 Å². The van der Waals surface area contributed by atoms with Crippen molar-refractivity contribution < 1.29 is 47.6 Å². The van der Waals surface area contributed by atoms with Gasteiger partial charge in [-0.3, -0.25) is 19.8 Å². The Morgan fingerprint density at radius 1 is 0.820 bits per heavy atom. The van der Waals surface area contributed by atoms with E-state index in [0.29, 0.717) is 97.8 Å². The summed E-state index contributed by atoms with van der Waals surface area (Å²) in [7, 11) is 4.55. The van der Waals surface area contributed by atoms with E-state index in [2.05, 4.69) is 15.5 Å². The topological polar surface area (TPSA) is 157 Å². The number of hydrogen-bond acceptors (Lipinski definition) is 12. The van der Waals surface area contributed by atoms with Gasteiger partial charge in [0.05, 0.1) is 43.4 Å². The van der Waals surface area contributed by atoms with Crippen LogP contribution in [-0.2, 0) is 29.8 Å². The van der Waals surface area contributed by atoms with E-state index >= 15 is 0 Å². The highest BCUT2D eigenvalue weighted by molar-refractivity contribution is 6.42. The van der Waals surface area contributed by atoms with Crippen molar-refractivity contribution in [1.82, 2.24) is 25.3 Å². The third kappa shape index (κ3) is 9.97. The highest BCUT2D eigenvalue weighted by atomic mass is 35.5. The smallest absolute Gasteiger partial charge is 0.493 e. The molecule has 0 aromatic heterocycles. The Morgan fingerprint density at radius 2 is 1.52 bits per heavy atom. The highest BCUT2D eigenvalue weighted by Crippen LogP contribution is 2.44. The van der Waals surface area contributed by atoms with E-state index in [-0.39, 0.29) is 25.6 Å². The molecule has 3 fully saturated rings. The Morgan fingerprint density at radius 3 is 2.16 bits per heavy atom. The summed E-state index contributed by atoms with van der Waals surface area (Å²) < 4.78 is 32.2. The van der Waals surface area contributed by atoms with Crippen LogP contribution in [0.3, 0.4) is 0 Å². The average molecular weight is 885 g/mol. The molecule has 2 N–H and O–H groups in total. The number of carbonyl (C=O) groups excluding carboxylic acids is 4. The summed E-state index contributed by atoms with van der Waals surface area (Å²) in [4.78, 5) is 59.9. The number of piperidine rings is 1. The van der Waals surface area contributed by atoms with E-state index < -0.39 is 41.4 Å². The molecule has 4 amide bonds. The SMILES string of the molecule is CCOC(=O)OCO[C@@]1(C)CNCCN1C(=O)NC(=O)C1(c2ccccc2)CCN(CCC2(c3ccc(Cl)c(Cl)c3)CCN(C(=O)c3cc(OC)c(OC)c(OC)c3)C2)CC1. The molecule has 2 atom stereocenters. The first-order valence-corrected chi connectivity index (χ1v) is 21.2. The van der Waals surface area contributed by atoms with Crippen LogP contribution in [0.15, 0.2) is 60.7 Å². The van der Waals surface area contributed by atoms with E-state index in [1.165, 1.54) is 26.2 Å². The highest BCUT2D eigenvalue weighted by Gasteiger charge is 2.47. The Bertz CT molecular complexity index is 2030. The van der Waals surface area contributed by atoms with Crippen LogP contribution in [0.5, 0.6) is 17.2 Å². The molecule has 3 aliphatic heterocycles. The number of imide groups is 1. The number of halogens is 2. The molecule has 0 saturated carbocycles. The minimum absolute atomic E-state index is 0.148. The van der Waals surface area contributed by atoms with Crippen molar-refractivity contribution in [3.63, 3.8) is 0 Å². The first-order chi connectivity index (χ1) is 29.3. The van der Waals surface area contributed by atoms with Crippen molar-refractivity contribution in [3.05, 3.63) is 87.4 Å². The van der Waals surface area contributed by atoms with Crippen LogP contribution >= 0.6 is 23.2 Å². The molecule has 3 aliphatic rings. The number of carbonyl (C=O) groups is 4. The predicted molar refractivity (Wildman–Crippen MR) is 229 cm³/mol. The number of nitrogens with zero attached hydrogens (tertiary/aromatic N) is 3. The second-order valence-electron chi connectivity index (χ2n) is 15.7. The predicted octanol–water partition coefficient (Wildman–Crippen LogP) is 6.23. The molecule has 0 radical (unpaired) electrons.